The van der Waals surface area contributed by atoms with E-state index in [4.69, 9.17) is 14.2 Å². The molecular weight excluding hydrogens is 642 g/mol. The molecule has 4 aliphatic rings. The smallest absolute Gasteiger partial charge is 0.339 e. The maximum atomic E-state index is 14.1. The van der Waals surface area contributed by atoms with E-state index in [1.807, 2.05) is 12.1 Å². The third-order valence-corrected chi connectivity index (χ3v) is 11.3. The number of esters is 3. The third-order valence-electron chi connectivity index (χ3n) is 11.3. The van der Waals surface area contributed by atoms with Crippen molar-refractivity contribution in [2.24, 2.45) is 5.92 Å². The van der Waals surface area contributed by atoms with Crippen molar-refractivity contribution in [3.63, 3.8) is 0 Å². The Bertz CT molecular complexity index is 1420. The van der Waals surface area contributed by atoms with Crippen molar-refractivity contribution >= 4 is 17.9 Å². The number of hydrogen-bond donors (Lipinski definition) is 3. The van der Waals surface area contributed by atoms with E-state index in [2.05, 4.69) is 99.0 Å². The molecule has 0 spiro atoms. The van der Waals surface area contributed by atoms with E-state index >= 15 is 0 Å². The Labute approximate surface area is 307 Å². The minimum atomic E-state index is -0.492. The third kappa shape index (κ3) is 10.6. The monoisotopic (exact) mass is 710 g/mol. The molecule has 5 rings (SSSR count). The van der Waals surface area contributed by atoms with Crippen LogP contribution in [0.2, 0.25) is 0 Å². The van der Waals surface area contributed by atoms with E-state index in [-0.39, 0.29) is 80.5 Å². The Morgan fingerprint density at radius 2 is 0.863 bits per heavy atom. The van der Waals surface area contributed by atoms with Gasteiger partial charge in [-0.3, -0.25) is 4.79 Å². The van der Waals surface area contributed by atoms with Crippen LogP contribution >= 0.6 is 0 Å². The molecule has 0 amide bonds. The van der Waals surface area contributed by atoms with Crippen LogP contribution in [0.5, 0.6) is 0 Å². The Balaban J connectivity index is 1.32. The van der Waals surface area contributed by atoms with Crippen molar-refractivity contribution < 1.29 is 28.6 Å². The van der Waals surface area contributed by atoms with Crippen LogP contribution in [0.3, 0.4) is 0 Å². The molecule has 0 unspecified atom stereocenters. The zero-order valence-electron chi connectivity index (χ0n) is 33.6. The van der Waals surface area contributed by atoms with Crippen LogP contribution in [-0.4, -0.2) is 69.5 Å². The second kappa shape index (κ2) is 14.1. The fourth-order valence-corrected chi connectivity index (χ4v) is 10.5. The second-order valence-electron chi connectivity index (χ2n) is 20.4. The molecule has 3 N–H and O–H groups in total. The molecule has 1 aromatic rings. The molecule has 1 aliphatic carbocycles. The van der Waals surface area contributed by atoms with E-state index in [1.54, 1.807) is 6.07 Å². The maximum absolute atomic E-state index is 14.1. The number of piperidine rings is 3. The van der Waals surface area contributed by atoms with E-state index in [1.165, 1.54) is 0 Å². The lowest BCUT2D eigenvalue weighted by atomic mass is 9.78. The molecular formula is C42H67N3O6. The summed E-state index contributed by atoms with van der Waals surface area (Å²) in [6, 6.07) is 5.57. The summed E-state index contributed by atoms with van der Waals surface area (Å²) in [4.78, 5) is 41.3. The zero-order chi connectivity index (χ0) is 37.8. The molecule has 51 heavy (non-hydrogen) atoms. The molecule has 0 atom stereocenters. The summed E-state index contributed by atoms with van der Waals surface area (Å²) in [5.41, 5.74) is 0.509. The lowest BCUT2D eigenvalue weighted by Crippen LogP contribution is -2.59. The highest BCUT2D eigenvalue weighted by atomic mass is 16.6. The number of carbonyl (C=O) groups is 3. The van der Waals surface area contributed by atoms with Gasteiger partial charge in [0.05, 0.1) is 17.0 Å². The van der Waals surface area contributed by atoms with Crippen LogP contribution in [0.25, 0.3) is 0 Å². The van der Waals surface area contributed by atoms with Crippen molar-refractivity contribution in [3.8, 4) is 0 Å². The first-order valence-corrected chi connectivity index (χ1v) is 19.5. The van der Waals surface area contributed by atoms with Crippen molar-refractivity contribution in [1.29, 1.82) is 0 Å². The Morgan fingerprint density at radius 3 is 1.25 bits per heavy atom. The normalized spacial score (nSPS) is 28.7. The number of benzene rings is 1. The Morgan fingerprint density at radius 1 is 0.510 bits per heavy atom. The standard InChI is InChI=1S/C42H67N3O6/c1-37(2)20-29(21-38(3,4)43-37)49-34(46)27-15-13-26(14-16-27)28-17-18-32(35(47)50-30-22-39(5,6)44-40(7,8)23-30)33(19-28)36(48)51-31-24-41(9,10)45-42(11,12)25-31/h17-19,26-27,29-31,43-45H,13-16,20-25H2,1-12H3. The van der Waals surface area contributed by atoms with Crippen LogP contribution in [0.4, 0.5) is 0 Å². The number of nitrogens with one attached hydrogen (secondary N) is 3. The van der Waals surface area contributed by atoms with Gasteiger partial charge in [-0.2, -0.15) is 0 Å². The lowest BCUT2D eigenvalue weighted by Gasteiger charge is -2.46. The van der Waals surface area contributed by atoms with Gasteiger partial charge < -0.3 is 30.2 Å². The van der Waals surface area contributed by atoms with E-state index in [9.17, 15) is 14.4 Å². The molecule has 1 aromatic carbocycles. The average molecular weight is 710 g/mol. The molecule has 3 aliphatic heterocycles. The summed E-state index contributed by atoms with van der Waals surface area (Å²) >= 11 is 0. The highest BCUT2D eigenvalue weighted by Crippen LogP contribution is 2.39. The molecule has 0 radical (unpaired) electrons. The van der Waals surface area contributed by atoms with Crippen LogP contribution in [0.1, 0.15) is 179 Å². The van der Waals surface area contributed by atoms with E-state index < -0.39 is 11.9 Å². The Kier molecular flexibility index (Phi) is 10.9. The van der Waals surface area contributed by atoms with E-state index in [0.29, 0.717) is 25.7 Å². The van der Waals surface area contributed by atoms with Crippen molar-refractivity contribution in [2.45, 2.75) is 205 Å². The van der Waals surface area contributed by atoms with Gasteiger partial charge in [0, 0.05) is 71.8 Å². The number of carbonyl (C=O) groups excluding carboxylic acids is 3. The average Bonchev–Trinajstić information content (AvgIpc) is 2.91. The van der Waals surface area contributed by atoms with E-state index in [0.717, 1.165) is 44.1 Å². The van der Waals surface area contributed by atoms with Gasteiger partial charge in [0.15, 0.2) is 0 Å². The summed E-state index contributed by atoms with van der Waals surface area (Å²) in [6.07, 6.45) is 6.69. The molecule has 0 aromatic heterocycles. The fraction of sp³-hybridized carbons (Fsp3) is 0.786. The SMILES string of the molecule is CC1(C)CC(OC(=O)c2ccc(C3CCC(C(=O)OC4CC(C)(C)NC(C)(C)C4)CC3)cc2C(=O)OC2CC(C)(C)NC(C)(C)C2)CC(C)(C)N1. The Hall–Kier alpha value is -2.49. The fourth-order valence-electron chi connectivity index (χ4n) is 10.5. The van der Waals surface area contributed by atoms with Crippen LogP contribution in [-0.2, 0) is 19.0 Å². The summed E-state index contributed by atoms with van der Waals surface area (Å²) in [5.74, 6) is -1.05. The molecule has 9 heteroatoms. The first-order valence-electron chi connectivity index (χ1n) is 19.5. The van der Waals surface area contributed by atoms with Crippen molar-refractivity contribution in [1.82, 2.24) is 16.0 Å². The summed E-state index contributed by atoms with van der Waals surface area (Å²) < 4.78 is 18.5. The first-order chi connectivity index (χ1) is 23.3. The van der Waals surface area contributed by atoms with Gasteiger partial charge in [0.1, 0.15) is 18.3 Å². The van der Waals surface area contributed by atoms with Crippen molar-refractivity contribution in [2.75, 3.05) is 0 Å². The maximum Gasteiger partial charge on any atom is 0.339 e. The van der Waals surface area contributed by atoms with Gasteiger partial charge >= 0.3 is 17.9 Å². The molecule has 286 valence electrons. The van der Waals surface area contributed by atoms with Crippen LogP contribution in [0.15, 0.2) is 18.2 Å². The topological polar surface area (TPSA) is 115 Å². The number of hydrogen-bond acceptors (Lipinski definition) is 9. The van der Waals surface area contributed by atoms with Gasteiger partial charge in [0.25, 0.3) is 0 Å². The first kappa shape index (κ1) is 39.7. The molecule has 0 bridgehead atoms. The largest absolute Gasteiger partial charge is 0.462 e. The predicted molar refractivity (Wildman–Crippen MR) is 201 cm³/mol. The minimum Gasteiger partial charge on any atom is -0.462 e. The van der Waals surface area contributed by atoms with Crippen LogP contribution in [0, 0.1) is 5.92 Å². The highest BCUT2D eigenvalue weighted by molar-refractivity contribution is 6.03. The second-order valence-corrected chi connectivity index (χ2v) is 20.4. The van der Waals surface area contributed by atoms with Crippen molar-refractivity contribution in [3.05, 3.63) is 34.9 Å². The molecule has 3 saturated heterocycles. The highest BCUT2D eigenvalue weighted by Gasteiger charge is 2.43. The van der Waals surface area contributed by atoms with Gasteiger partial charge in [-0.15, -0.1) is 0 Å². The number of ether oxygens (including phenoxy) is 3. The van der Waals surface area contributed by atoms with Gasteiger partial charge in [-0.05, 0) is 132 Å². The molecule has 1 saturated carbocycles. The predicted octanol–water partition coefficient (Wildman–Crippen LogP) is 7.74. The lowest BCUT2D eigenvalue weighted by molar-refractivity contribution is -0.159. The van der Waals surface area contributed by atoms with Crippen LogP contribution < -0.4 is 16.0 Å². The minimum absolute atomic E-state index is 0.0913. The van der Waals surface area contributed by atoms with Gasteiger partial charge in [-0.25, -0.2) is 9.59 Å². The summed E-state index contributed by atoms with van der Waals surface area (Å²) in [5, 5.41) is 11.0. The summed E-state index contributed by atoms with van der Waals surface area (Å²) in [6.45, 7) is 25.6. The molecule has 9 nitrogen and oxygen atoms in total. The molecule has 4 fully saturated rings. The molecule has 3 heterocycles. The van der Waals surface area contributed by atoms with Gasteiger partial charge in [0.2, 0.25) is 0 Å². The quantitative estimate of drug-likeness (QED) is 0.193. The summed E-state index contributed by atoms with van der Waals surface area (Å²) in [7, 11) is 0. The zero-order valence-corrected chi connectivity index (χ0v) is 33.6. The number of rotatable bonds is 7. The van der Waals surface area contributed by atoms with Gasteiger partial charge in [-0.1, -0.05) is 6.07 Å².